The Hall–Kier alpha value is -2.90. The average Bonchev–Trinajstić information content (AvgIpc) is 3.14. The van der Waals surface area contributed by atoms with Crippen molar-refractivity contribution < 1.29 is 24.3 Å². The molecule has 0 aliphatic carbocycles. The van der Waals surface area contributed by atoms with E-state index >= 15 is 0 Å². The molecule has 2 saturated heterocycles. The maximum Gasteiger partial charge on any atom is 0.258 e. The topological polar surface area (TPSA) is 88.1 Å². The van der Waals surface area contributed by atoms with Crippen molar-refractivity contribution in [3.05, 3.63) is 59.7 Å². The largest absolute Gasteiger partial charge is 0.508 e. The molecule has 2 fully saturated rings. The molecule has 2 aromatic rings. The van der Waals surface area contributed by atoms with Gasteiger partial charge < -0.3 is 9.84 Å². The van der Waals surface area contributed by atoms with Gasteiger partial charge in [0.15, 0.2) is 6.10 Å². The Labute approximate surface area is 150 Å². The summed E-state index contributed by atoms with van der Waals surface area (Å²) in [5, 5.41) is 14.3. The number of phenols is 1. The standard InChI is InChI=1S/C19H18N2O5/c1-25-12-7-8-14(22)13(9-12)16-15-17(19(24)20-18(15)23)26-21(16)10-11-5-3-2-4-6-11/h2-9,15-17,22H,10H2,1H3,(H,20,23,24). The number of aromatic hydroxyl groups is 1. The summed E-state index contributed by atoms with van der Waals surface area (Å²) in [4.78, 5) is 30.3. The molecular weight excluding hydrogens is 336 g/mol. The summed E-state index contributed by atoms with van der Waals surface area (Å²) in [5.41, 5.74) is 1.45. The van der Waals surface area contributed by atoms with E-state index in [2.05, 4.69) is 5.32 Å². The van der Waals surface area contributed by atoms with Gasteiger partial charge in [0.05, 0.1) is 19.1 Å². The van der Waals surface area contributed by atoms with Gasteiger partial charge in [-0.15, -0.1) is 0 Å². The summed E-state index contributed by atoms with van der Waals surface area (Å²) < 4.78 is 5.24. The molecule has 0 spiro atoms. The van der Waals surface area contributed by atoms with Gasteiger partial charge in [-0.1, -0.05) is 30.3 Å². The number of hydroxylamine groups is 2. The minimum absolute atomic E-state index is 0.0188. The fraction of sp³-hybridized carbons (Fsp3) is 0.263. The van der Waals surface area contributed by atoms with Crippen LogP contribution in [-0.4, -0.2) is 35.2 Å². The van der Waals surface area contributed by atoms with Crippen molar-refractivity contribution in [2.75, 3.05) is 7.11 Å². The normalized spacial score (nSPS) is 25.2. The average molecular weight is 354 g/mol. The molecule has 4 rings (SSSR count). The van der Waals surface area contributed by atoms with Crippen molar-refractivity contribution in [2.45, 2.75) is 18.7 Å². The lowest BCUT2D eigenvalue weighted by atomic mass is 9.90. The molecule has 0 bridgehead atoms. The second-order valence-corrected chi connectivity index (χ2v) is 6.34. The van der Waals surface area contributed by atoms with Crippen LogP contribution < -0.4 is 10.1 Å². The van der Waals surface area contributed by atoms with Crippen molar-refractivity contribution in [1.82, 2.24) is 10.4 Å². The number of imide groups is 1. The van der Waals surface area contributed by atoms with E-state index in [4.69, 9.17) is 9.57 Å². The predicted octanol–water partition coefficient (Wildman–Crippen LogP) is 1.53. The minimum atomic E-state index is -0.901. The van der Waals surface area contributed by atoms with Crippen LogP contribution in [0.15, 0.2) is 48.5 Å². The number of carbonyl (C=O) groups excluding carboxylic acids is 2. The van der Waals surface area contributed by atoms with Crippen LogP contribution in [0, 0.1) is 5.92 Å². The summed E-state index contributed by atoms with van der Waals surface area (Å²) in [6.45, 7) is 0.371. The Kier molecular flexibility index (Phi) is 4.10. The number of amides is 2. The van der Waals surface area contributed by atoms with Crippen LogP contribution in [0.3, 0.4) is 0 Å². The van der Waals surface area contributed by atoms with E-state index in [0.717, 1.165) is 5.56 Å². The molecular formula is C19H18N2O5. The number of rotatable bonds is 4. The molecule has 134 valence electrons. The molecule has 2 aromatic carbocycles. The SMILES string of the molecule is COc1ccc(O)c(C2C3C(=O)NC(=O)C3ON2Cc2ccccc2)c1. The molecule has 2 aliphatic heterocycles. The summed E-state index contributed by atoms with van der Waals surface area (Å²) in [6.07, 6.45) is -0.901. The van der Waals surface area contributed by atoms with Crippen molar-refractivity contribution in [2.24, 2.45) is 5.92 Å². The zero-order valence-corrected chi connectivity index (χ0v) is 14.1. The number of nitrogens with zero attached hydrogens (tertiary/aromatic N) is 1. The molecule has 0 aromatic heterocycles. The van der Waals surface area contributed by atoms with Gasteiger partial charge in [-0.2, -0.15) is 5.06 Å². The summed E-state index contributed by atoms with van der Waals surface area (Å²) in [5.74, 6) is -1.02. The highest BCUT2D eigenvalue weighted by Crippen LogP contribution is 2.46. The molecule has 2 amide bonds. The number of nitrogens with one attached hydrogen (secondary N) is 1. The zero-order valence-electron chi connectivity index (χ0n) is 14.1. The molecule has 2 heterocycles. The fourth-order valence-corrected chi connectivity index (χ4v) is 3.53. The monoisotopic (exact) mass is 354 g/mol. The van der Waals surface area contributed by atoms with Crippen LogP contribution in [0.1, 0.15) is 17.2 Å². The maximum absolute atomic E-state index is 12.4. The van der Waals surface area contributed by atoms with E-state index < -0.39 is 29.9 Å². The Bertz CT molecular complexity index is 854. The summed E-state index contributed by atoms with van der Waals surface area (Å²) in [6, 6.07) is 13.8. The van der Waals surface area contributed by atoms with E-state index in [0.29, 0.717) is 17.9 Å². The van der Waals surface area contributed by atoms with E-state index in [1.54, 1.807) is 17.2 Å². The molecule has 7 nitrogen and oxygen atoms in total. The summed E-state index contributed by atoms with van der Waals surface area (Å²) in [7, 11) is 1.53. The van der Waals surface area contributed by atoms with Gasteiger partial charge in [-0.05, 0) is 23.8 Å². The van der Waals surface area contributed by atoms with E-state index in [-0.39, 0.29) is 5.75 Å². The Balaban J connectivity index is 1.76. The van der Waals surface area contributed by atoms with Crippen molar-refractivity contribution in [1.29, 1.82) is 0 Å². The van der Waals surface area contributed by atoms with Crippen LogP contribution in [0.5, 0.6) is 11.5 Å². The van der Waals surface area contributed by atoms with Gasteiger partial charge in [-0.25, -0.2) is 0 Å². The molecule has 7 heteroatoms. The number of fused-ring (bicyclic) bond motifs is 1. The second kappa shape index (κ2) is 6.44. The Morgan fingerprint density at radius 3 is 2.65 bits per heavy atom. The van der Waals surface area contributed by atoms with Crippen molar-refractivity contribution in [3.8, 4) is 11.5 Å². The van der Waals surface area contributed by atoms with Gasteiger partial charge >= 0.3 is 0 Å². The van der Waals surface area contributed by atoms with Crippen LogP contribution in [0.25, 0.3) is 0 Å². The van der Waals surface area contributed by atoms with Gasteiger partial charge in [-0.3, -0.25) is 19.7 Å². The van der Waals surface area contributed by atoms with Crippen LogP contribution in [0.2, 0.25) is 0 Å². The van der Waals surface area contributed by atoms with Crippen LogP contribution >= 0.6 is 0 Å². The third-order valence-electron chi connectivity index (χ3n) is 4.77. The zero-order chi connectivity index (χ0) is 18.3. The highest BCUT2D eigenvalue weighted by atomic mass is 16.7. The molecule has 0 radical (unpaired) electrons. The first-order chi connectivity index (χ1) is 12.6. The first-order valence-electron chi connectivity index (χ1n) is 8.27. The Morgan fingerprint density at radius 1 is 1.15 bits per heavy atom. The molecule has 26 heavy (non-hydrogen) atoms. The van der Waals surface area contributed by atoms with E-state index in [1.165, 1.54) is 13.2 Å². The number of hydrogen-bond donors (Lipinski definition) is 2. The molecule has 3 atom stereocenters. The Morgan fingerprint density at radius 2 is 1.92 bits per heavy atom. The maximum atomic E-state index is 12.4. The minimum Gasteiger partial charge on any atom is -0.508 e. The van der Waals surface area contributed by atoms with E-state index in [1.807, 2.05) is 30.3 Å². The van der Waals surface area contributed by atoms with E-state index in [9.17, 15) is 14.7 Å². The van der Waals surface area contributed by atoms with Crippen molar-refractivity contribution >= 4 is 11.8 Å². The lowest BCUT2D eigenvalue weighted by molar-refractivity contribution is -0.178. The molecule has 2 aliphatic rings. The van der Waals surface area contributed by atoms with Crippen LogP contribution in [0.4, 0.5) is 0 Å². The second-order valence-electron chi connectivity index (χ2n) is 6.34. The smallest absolute Gasteiger partial charge is 0.258 e. The molecule has 0 saturated carbocycles. The number of carbonyl (C=O) groups is 2. The molecule has 3 unspecified atom stereocenters. The third-order valence-corrected chi connectivity index (χ3v) is 4.77. The fourth-order valence-electron chi connectivity index (χ4n) is 3.53. The quantitative estimate of drug-likeness (QED) is 0.810. The number of ether oxygens (including phenoxy) is 1. The number of methoxy groups -OCH3 is 1. The highest BCUT2D eigenvalue weighted by molar-refractivity contribution is 6.07. The van der Waals surface area contributed by atoms with Gasteiger partial charge in [0.25, 0.3) is 5.91 Å². The first-order valence-corrected chi connectivity index (χ1v) is 8.27. The number of hydrogen-bond acceptors (Lipinski definition) is 6. The predicted molar refractivity (Wildman–Crippen MR) is 90.9 cm³/mol. The lowest BCUT2D eigenvalue weighted by Crippen LogP contribution is -2.33. The van der Waals surface area contributed by atoms with Crippen LogP contribution in [-0.2, 0) is 21.0 Å². The van der Waals surface area contributed by atoms with Crippen molar-refractivity contribution in [3.63, 3.8) is 0 Å². The van der Waals surface area contributed by atoms with Gasteiger partial charge in [0.2, 0.25) is 5.91 Å². The number of phenolic OH excluding ortho intramolecular Hbond substituents is 1. The third kappa shape index (κ3) is 2.71. The van der Waals surface area contributed by atoms with Gasteiger partial charge in [0.1, 0.15) is 11.5 Å². The van der Waals surface area contributed by atoms with Gasteiger partial charge in [0, 0.05) is 12.1 Å². The highest BCUT2D eigenvalue weighted by Gasteiger charge is 2.56. The number of benzene rings is 2. The lowest BCUT2D eigenvalue weighted by Gasteiger charge is -2.26. The summed E-state index contributed by atoms with van der Waals surface area (Å²) >= 11 is 0. The molecule has 2 N–H and O–H groups in total. The first kappa shape index (κ1) is 16.6.